The highest BCUT2D eigenvalue weighted by Gasteiger charge is 2.32. The zero-order valence-corrected chi connectivity index (χ0v) is 25.1. The Morgan fingerprint density at radius 3 is 2.19 bits per heavy atom. The molecule has 0 aromatic heterocycles. The molecule has 1 aliphatic heterocycles. The molecule has 0 aliphatic carbocycles. The maximum absolute atomic E-state index is 13.6. The first-order valence-corrected chi connectivity index (χ1v) is 15.0. The summed E-state index contributed by atoms with van der Waals surface area (Å²) in [6.07, 6.45) is 8.01. The van der Waals surface area contributed by atoms with E-state index >= 15 is 0 Å². The number of ether oxygens (including phenoxy) is 4. The lowest BCUT2D eigenvalue weighted by Gasteiger charge is -2.37. The lowest BCUT2D eigenvalue weighted by atomic mass is 9.98. The fourth-order valence-electron chi connectivity index (χ4n) is 5.03. The van der Waals surface area contributed by atoms with Gasteiger partial charge < -0.3 is 28.7 Å². The number of rotatable bonds is 17. The van der Waals surface area contributed by atoms with Crippen LogP contribution in [0.1, 0.15) is 57.1 Å². The average Bonchev–Trinajstić information content (AvgIpc) is 3.02. The first kappa shape index (κ1) is 32.9. The molecular formula is C34H46N2O6. The third-order valence-electron chi connectivity index (χ3n) is 7.11. The summed E-state index contributed by atoms with van der Waals surface area (Å²) >= 11 is 0. The van der Waals surface area contributed by atoms with Crippen LogP contribution in [0.25, 0.3) is 0 Å². The Labute approximate surface area is 250 Å². The Hall–Kier alpha value is -3.62. The minimum absolute atomic E-state index is 0.179. The van der Waals surface area contributed by atoms with E-state index < -0.39 is 6.09 Å². The minimum atomic E-state index is -0.395. The number of benzene rings is 2. The van der Waals surface area contributed by atoms with E-state index in [1.54, 1.807) is 9.80 Å². The van der Waals surface area contributed by atoms with Crippen molar-refractivity contribution in [3.05, 3.63) is 96.6 Å². The molecule has 0 bridgehead atoms. The Morgan fingerprint density at radius 2 is 1.60 bits per heavy atom. The summed E-state index contributed by atoms with van der Waals surface area (Å²) in [6, 6.07) is 18.8. The van der Waals surface area contributed by atoms with Crippen LogP contribution in [0.5, 0.6) is 0 Å². The van der Waals surface area contributed by atoms with Crippen molar-refractivity contribution in [2.24, 2.45) is 0 Å². The van der Waals surface area contributed by atoms with Crippen LogP contribution in [-0.4, -0.2) is 66.7 Å². The van der Waals surface area contributed by atoms with E-state index in [0.717, 1.165) is 17.5 Å². The molecule has 0 N–H and O–H groups in total. The zero-order valence-electron chi connectivity index (χ0n) is 25.1. The highest BCUT2D eigenvalue weighted by Crippen LogP contribution is 2.23. The molecule has 2 atom stereocenters. The molecule has 228 valence electrons. The van der Waals surface area contributed by atoms with Gasteiger partial charge in [0.05, 0.1) is 6.04 Å². The molecule has 1 heterocycles. The Balaban J connectivity index is 1.72. The predicted octanol–water partition coefficient (Wildman–Crippen LogP) is 7.11. The first-order valence-electron chi connectivity index (χ1n) is 15.0. The van der Waals surface area contributed by atoms with Gasteiger partial charge in [0, 0.05) is 38.8 Å². The molecule has 8 nitrogen and oxygen atoms in total. The van der Waals surface area contributed by atoms with Gasteiger partial charge in [-0.25, -0.2) is 9.59 Å². The second-order valence-electron chi connectivity index (χ2n) is 10.1. The van der Waals surface area contributed by atoms with E-state index in [1.165, 1.54) is 0 Å². The van der Waals surface area contributed by atoms with Gasteiger partial charge in [0.1, 0.15) is 13.2 Å². The zero-order chi connectivity index (χ0) is 30.0. The van der Waals surface area contributed by atoms with Crippen LogP contribution < -0.4 is 0 Å². The number of hydrogen-bond donors (Lipinski definition) is 0. The summed E-state index contributed by atoms with van der Waals surface area (Å²) in [5, 5.41) is 0. The third kappa shape index (κ3) is 11.0. The lowest BCUT2D eigenvalue weighted by molar-refractivity contribution is -0.140. The van der Waals surface area contributed by atoms with Gasteiger partial charge in [-0.1, -0.05) is 78.9 Å². The smallest absolute Gasteiger partial charge is 0.410 e. The molecule has 0 saturated carbocycles. The summed E-state index contributed by atoms with van der Waals surface area (Å²) in [5.74, 6) is 0. The summed E-state index contributed by atoms with van der Waals surface area (Å²) < 4.78 is 22.9. The highest BCUT2D eigenvalue weighted by atomic mass is 16.7. The molecule has 42 heavy (non-hydrogen) atoms. The van der Waals surface area contributed by atoms with Crippen LogP contribution in [0.2, 0.25) is 0 Å². The Morgan fingerprint density at radius 1 is 0.976 bits per heavy atom. The molecular weight excluding hydrogens is 532 g/mol. The average molecular weight is 579 g/mol. The van der Waals surface area contributed by atoms with Gasteiger partial charge in [-0.05, 0) is 50.7 Å². The largest absolute Gasteiger partial charge is 0.445 e. The van der Waals surface area contributed by atoms with Crippen molar-refractivity contribution in [3.63, 3.8) is 0 Å². The summed E-state index contributed by atoms with van der Waals surface area (Å²) in [6.45, 7) is 10.3. The maximum atomic E-state index is 13.6. The van der Waals surface area contributed by atoms with E-state index in [4.69, 9.17) is 18.9 Å². The van der Waals surface area contributed by atoms with E-state index in [9.17, 15) is 9.59 Å². The topological polar surface area (TPSA) is 77.5 Å². The van der Waals surface area contributed by atoms with Gasteiger partial charge in [0.25, 0.3) is 0 Å². The summed E-state index contributed by atoms with van der Waals surface area (Å²) in [7, 11) is 0. The second kappa shape index (κ2) is 18.7. The normalized spacial score (nSPS) is 15.3. The van der Waals surface area contributed by atoms with Gasteiger partial charge in [0.15, 0.2) is 6.29 Å². The first-order chi connectivity index (χ1) is 20.5. The van der Waals surface area contributed by atoms with Gasteiger partial charge in [-0.3, -0.25) is 0 Å². The molecule has 2 aromatic rings. The van der Waals surface area contributed by atoms with E-state index in [1.807, 2.05) is 86.7 Å². The van der Waals surface area contributed by atoms with Crippen molar-refractivity contribution >= 4 is 12.2 Å². The number of hydrogen-bond acceptors (Lipinski definition) is 6. The molecule has 0 radical (unpaired) electrons. The number of carbonyl (C=O) groups is 2. The molecule has 8 heteroatoms. The second-order valence-corrected chi connectivity index (χ2v) is 10.1. The van der Waals surface area contributed by atoms with Gasteiger partial charge in [-0.2, -0.15) is 0 Å². The van der Waals surface area contributed by atoms with Gasteiger partial charge in [0.2, 0.25) is 0 Å². The molecule has 0 spiro atoms. The number of carbonyl (C=O) groups excluding carboxylic acids is 2. The van der Waals surface area contributed by atoms with Crippen molar-refractivity contribution in [3.8, 4) is 0 Å². The van der Waals surface area contributed by atoms with Crippen molar-refractivity contribution in [2.45, 2.75) is 77.5 Å². The highest BCUT2D eigenvalue weighted by molar-refractivity contribution is 5.69. The van der Waals surface area contributed by atoms with Crippen LogP contribution in [0.3, 0.4) is 0 Å². The fraction of sp³-hybridized carbons (Fsp3) is 0.471. The molecule has 3 rings (SSSR count). The van der Waals surface area contributed by atoms with Gasteiger partial charge in [-0.15, -0.1) is 6.58 Å². The van der Waals surface area contributed by atoms with Crippen LogP contribution in [0.15, 0.2) is 85.5 Å². The molecule has 1 aliphatic rings. The Bertz CT molecular complexity index is 1090. The molecule has 0 saturated heterocycles. The van der Waals surface area contributed by atoms with E-state index in [-0.39, 0.29) is 37.7 Å². The standard InChI is InChI=1S/C34H46N2O6/c1-4-16-30(25-31-21-13-14-23-35(31)33(37)41-26-28-17-9-7-10-18-28)36(24-15-22-32(39-5-2)40-6-3)34(38)42-27-29-19-11-8-12-20-29/h4,7-13,17-21,30-32H,1,5-6,14-16,22-27H2,2-3H3/t30-,31+/m0/s1. The lowest BCUT2D eigenvalue weighted by Crippen LogP contribution is -2.48. The van der Waals surface area contributed by atoms with Crippen LogP contribution >= 0.6 is 0 Å². The minimum Gasteiger partial charge on any atom is -0.445 e. The molecule has 2 amide bonds. The van der Waals surface area contributed by atoms with Crippen molar-refractivity contribution in [1.29, 1.82) is 0 Å². The van der Waals surface area contributed by atoms with Crippen molar-refractivity contribution in [2.75, 3.05) is 26.3 Å². The van der Waals surface area contributed by atoms with Crippen LogP contribution in [-0.2, 0) is 32.2 Å². The summed E-state index contributed by atoms with van der Waals surface area (Å²) in [4.78, 5) is 30.3. The van der Waals surface area contributed by atoms with Crippen LogP contribution in [0.4, 0.5) is 9.59 Å². The maximum Gasteiger partial charge on any atom is 0.410 e. The van der Waals surface area contributed by atoms with E-state index in [2.05, 4.69) is 12.7 Å². The molecule has 2 aromatic carbocycles. The molecule has 0 unspecified atom stereocenters. The van der Waals surface area contributed by atoms with Crippen molar-refractivity contribution < 1.29 is 28.5 Å². The monoisotopic (exact) mass is 578 g/mol. The summed E-state index contributed by atoms with van der Waals surface area (Å²) in [5.41, 5.74) is 1.85. The Kier molecular flexibility index (Phi) is 14.7. The SMILES string of the molecule is C=CC[C@@H](C[C@H]1C=CCCN1C(=O)OCc1ccccc1)N(CCCC(OCC)OCC)C(=O)OCc1ccccc1. The predicted molar refractivity (Wildman–Crippen MR) is 164 cm³/mol. The number of nitrogens with zero attached hydrogens (tertiary/aromatic N) is 2. The van der Waals surface area contributed by atoms with Crippen molar-refractivity contribution in [1.82, 2.24) is 9.80 Å². The third-order valence-corrected chi connectivity index (χ3v) is 7.11. The van der Waals surface area contributed by atoms with Crippen LogP contribution in [0, 0.1) is 0 Å². The number of amides is 2. The quantitative estimate of drug-likeness (QED) is 0.147. The van der Waals surface area contributed by atoms with E-state index in [0.29, 0.717) is 52.0 Å². The van der Waals surface area contributed by atoms with Gasteiger partial charge >= 0.3 is 12.2 Å². The molecule has 0 fully saturated rings. The fourth-order valence-corrected chi connectivity index (χ4v) is 5.03.